The van der Waals surface area contributed by atoms with E-state index in [-0.39, 0.29) is 5.78 Å². The highest BCUT2D eigenvalue weighted by atomic mass is 35.5. The summed E-state index contributed by atoms with van der Waals surface area (Å²) in [5.41, 5.74) is 0.945. The second kappa shape index (κ2) is 6.91. The Hall–Kier alpha value is -0.900. The van der Waals surface area contributed by atoms with Crippen LogP contribution < -0.4 is 0 Å². The molecule has 116 valence electrons. The number of halogens is 1. The Morgan fingerprint density at radius 3 is 2.43 bits per heavy atom. The van der Waals surface area contributed by atoms with Crippen LogP contribution in [-0.4, -0.2) is 55.4 Å². The van der Waals surface area contributed by atoms with Crippen molar-refractivity contribution in [2.45, 2.75) is 31.2 Å². The van der Waals surface area contributed by atoms with Crippen LogP contribution in [0.4, 0.5) is 0 Å². The first-order valence-electron chi connectivity index (χ1n) is 7.58. The molecule has 0 aromatic heterocycles. The average Bonchev–Trinajstić information content (AvgIpc) is 2.40. The number of hydrogen-bond donors (Lipinski definition) is 0. The monoisotopic (exact) mass is 308 g/mol. The van der Waals surface area contributed by atoms with E-state index in [1.807, 2.05) is 12.1 Å². The molecule has 1 saturated carbocycles. The van der Waals surface area contributed by atoms with Crippen molar-refractivity contribution in [3.05, 3.63) is 34.9 Å². The van der Waals surface area contributed by atoms with Crippen LogP contribution >= 0.6 is 11.6 Å². The van der Waals surface area contributed by atoms with Crippen LogP contribution in [0.1, 0.15) is 36.0 Å². The van der Waals surface area contributed by atoms with Gasteiger partial charge in [0.1, 0.15) is 0 Å². The van der Waals surface area contributed by atoms with E-state index in [0.717, 1.165) is 13.1 Å². The van der Waals surface area contributed by atoms with Crippen LogP contribution in [0.2, 0.25) is 5.02 Å². The lowest BCUT2D eigenvalue weighted by Crippen LogP contribution is -2.56. The molecule has 0 atom stereocenters. The van der Waals surface area contributed by atoms with Crippen molar-refractivity contribution in [1.82, 2.24) is 9.80 Å². The molecule has 0 bridgehead atoms. The van der Waals surface area contributed by atoms with Crippen molar-refractivity contribution < 1.29 is 4.79 Å². The molecular weight excluding hydrogens is 284 g/mol. The van der Waals surface area contributed by atoms with Crippen molar-refractivity contribution in [2.24, 2.45) is 0 Å². The molecule has 0 saturated heterocycles. The van der Waals surface area contributed by atoms with E-state index >= 15 is 0 Å². The highest BCUT2D eigenvalue weighted by Gasteiger charge is 2.39. The quantitative estimate of drug-likeness (QED) is 0.722. The molecule has 0 spiro atoms. The van der Waals surface area contributed by atoms with Gasteiger partial charge >= 0.3 is 0 Å². The van der Waals surface area contributed by atoms with Crippen LogP contribution in [0.3, 0.4) is 0 Å². The van der Waals surface area contributed by atoms with Gasteiger partial charge < -0.3 is 9.80 Å². The molecule has 0 heterocycles. The minimum absolute atomic E-state index is 0.125. The minimum Gasteiger partial charge on any atom is -0.304 e. The summed E-state index contributed by atoms with van der Waals surface area (Å²) in [5.74, 6) is 0.125. The Labute approximate surface area is 132 Å². The van der Waals surface area contributed by atoms with Gasteiger partial charge in [-0.1, -0.05) is 23.7 Å². The van der Waals surface area contributed by atoms with E-state index in [0.29, 0.717) is 22.5 Å². The topological polar surface area (TPSA) is 23.6 Å². The van der Waals surface area contributed by atoms with Gasteiger partial charge in [-0.2, -0.15) is 0 Å². The number of ketones is 1. The van der Waals surface area contributed by atoms with Gasteiger partial charge in [-0.05, 0) is 52.5 Å². The first-order chi connectivity index (χ1) is 9.94. The molecule has 1 aliphatic carbocycles. The van der Waals surface area contributed by atoms with Gasteiger partial charge in [-0.25, -0.2) is 0 Å². The molecular formula is C17H25ClN2O. The number of carbonyl (C=O) groups is 1. The smallest absolute Gasteiger partial charge is 0.165 e. The number of nitrogens with zero attached hydrogens (tertiary/aromatic N) is 2. The van der Waals surface area contributed by atoms with Crippen molar-refractivity contribution in [1.29, 1.82) is 0 Å². The molecule has 0 radical (unpaired) electrons. The van der Waals surface area contributed by atoms with Gasteiger partial charge in [0.15, 0.2) is 5.78 Å². The molecule has 1 fully saturated rings. The third-order valence-electron chi connectivity index (χ3n) is 4.69. The Morgan fingerprint density at radius 1 is 1.24 bits per heavy atom. The van der Waals surface area contributed by atoms with E-state index in [1.54, 1.807) is 12.1 Å². The standard InChI is InChI=1S/C17H25ClN2O/c1-19(2)17(10-6-11-17)13-20(3)12-9-16(21)14-7-4-5-8-15(14)18/h4-5,7-8H,6,9-13H2,1-3H3. The molecule has 0 unspecified atom stereocenters. The summed E-state index contributed by atoms with van der Waals surface area (Å²) in [6.07, 6.45) is 4.33. The zero-order valence-corrected chi connectivity index (χ0v) is 14.0. The predicted molar refractivity (Wildman–Crippen MR) is 88.2 cm³/mol. The third kappa shape index (κ3) is 3.85. The Balaban J connectivity index is 1.85. The SMILES string of the molecule is CN(CCC(=O)c1ccccc1Cl)CC1(N(C)C)CCC1. The van der Waals surface area contributed by atoms with Crippen LogP contribution in [0.15, 0.2) is 24.3 Å². The first-order valence-corrected chi connectivity index (χ1v) is 7.96. The van der Waals surface area contributed by atoms with Gasteiger partial charge in [0, 0.05) is 30.6 Å². The van der Waals surface area contributed by atoms with Crippen LogP contribution in [0, 0.1) is 0 Å². The van der Waals surface area contributed by atoms with Crippen molar-refractivity contribution in [2.75, 3.05) is 34.2 Å². The highest BCUT2D eigenvalue weighted by Crippen LogP contribution is 2.36. The number of Topliss-reactive ketones (excluding diaryl/α,β-unsaturated/α-hetero) is 1. The van der Waals surface area contributed by atoms with Crippen LogP contribution in [0.5, 0.6) is 0 Å². The molecule has 4 heteroatoms. The molecule has 2 rings (SSSR count). The van der Waals surface area contributed by atoms with Crippen LogP contribution in [0.25, 0.3) is 0 Å². The van der Waals surface area contributed by atoms with E-state index < -0.39 is 0 Å². The summed E-state index contributed by atoms with van der Waals surface area (Å²) in [4.78, 5) is 16.8. The molecule has 1 aromatic rings. The van der Waals surface area contributed by atoms with Gasteiger partial charge in [0.2, 0.25) is 0 Å². The van der Waals surface area contributed by atoms with E-state index in [9.17, 15) is 4.79 Å². The number of rotatable bonds is 7. The van der Waals surface area contributed by atoms with Crippen molar-refractivity contribution in [3.63, 3.8) is 0 Å². The van der Waals surface area contributed by atoms with E-state index in [2.05, 4.69) is 30.9 Å². The normalized spacial score (nSPS) is 17.0. The fourth-order valence-corrected chi connectivity index (χ4v) is 3.27. The summed E-state index contributed by atoms with van der Waals surface area (Å²) < 4.78 is 0. The number of hydrogen-bond acceptors (Lipinski definition) is 3. The predicted octanol–water partition coefficient (Wildman–Crippen LogP) is 3.33. The van der Waals surface area contributed by atoms with Crippen molar-refractivity contribution >= 4 is 17.4 Å². The average molecular weight is 309 g/mol. The minimum atomic E-state index is 0.125. The lowest BCUT2D eigenvalue weighted by Gasteiger charge is -2.49. The second-order valence-electron chi connectivity index (χ2n) is 6.36. The number of benzene rings is 1. The Bertz CT molecular complexity index is 497. The molecule has 1 aromatic carbocycles. The Morgan fingerprint density at radius 2 is 1.90 bits per heavy atom. The molecule has 0 N–H and O–H groups in total. The van der Waals surface area contributed by atoms with Crippen molar-refractivity contribution in [3.8, 4) is 0 Å². The molecule has 3 nitrogen and oxygen atoms in total. The molecule has 1 aliphatic rings. The summed E-state index contributed by atoms with van der Waals surface area (Å²) in [6, 6.07) is 7.28. The maximum absolute atomic E-state index is 12.2. The first kappa shape index (κ1) is 16.5. The maximum atomic E-state index is 12.2. The van der Waals surface area contributed by atoms with E-state index in [1.165, 1.54) is 19.3 Å². The zero-order chi connectivity index (χ0) is 15.5. The highest BCUT2D eigenvalue weighted by molar-refractivity contribution is 6.33. The van der Waals surface area contributed by atoms with Gasteiger partial charge in [0.25, 0.3) is 0 Å². The third-order valence-corrected chi connectivity index (χ3v) is 5.02. The summed E-state index contributed by atoms with van der Waals surface area (Å²) >= 11 is 6.07. The maximum Gasteiger partial charge on any atom is 0.165 e. The number of likely N-dealkylation sites (N-methyl/N-ethyl adjacent to an activating group) is 2. The number of carbonyl (C=O) groups excluding carboxylic acids is 1. The van der Waals surface area contributed by atoms with Gasteiger partial charge in [0.05, 0.1) is 5.02 Å². The second-order valence-corrected chi connectivity index (χ2v) is 6.77. The van der Waals surface area contributed by atoms with Crippen LogP contribution in [-0.2, 0) is 0 Å². The summed E-state index contributed by atoms with van der Waals surface area (Å²) in [6.45, 7) is 1.80. The zero-order valence-electron chi connectivity index (χ0n) is 13.2. The lowest BCUT2D eigenvalue weighted by atomic mass is 9.75. The largest absolute Gasteiger partial charge is 0.304 e. The fourth-order valence-electron chi connectivity index (χ4n) is 3.03. The van der Waals surface area contributed by atoms with E-state index in [4.69, 9.17) is 11.6 Å². The molecule has 21 heavy (non-hydrogen) atoms. The molecule has 0 aliphatic heterocycles. The molecule has 0 amide bonds. The fraction of sp³-hybridized carbons (Fsp3) is 0.588. The summed E-state index contributed by atoms with van der Waals surface area (Å²) in [7, 11) is 6.41. The van der Waals surface area contributed by atoms with Gasteiger partial charge in [-0.15, -0.1) is 0 Å². The summed E-state index contributed by atoms with van der Waals surface area (Å²) in [5, 5.41) is 0.550. The lowest BCUT2D eigenvalue weighted by molar-refractivity contribution is 0.0276. The van der Waals surface area contributed by atoms with Gasteiger partial charge in [-0.3, -0.25) is 4.79 Å². The Kier molecular flexibility index (Phi) is 5.42.